The summed E-state index contributed by atoms with van der Waals surface area (Å²) in [6.45, 7) is 5.21. The van der Waals surface area contributed by atoms with E-state index in [-0.39, 0.29) is 5.56 Å². The van der Waals surface area contributed by atoms with Crippen LogP contribution >= 0.6 is 0 Å². The molecule has 1 nitrogen and oxygen atoms in total. The predicted molar refractivity (Wildman–Crippen MR) is 56.5 cm³/mol. The first-order valence-corrected chi connectivity index (χ1v) is 4.94. The fraction of sp³-hybridized carbons (Fsp3) is 0.500. The van der Waals surface area contributed by atoms with Crippen molar-refractivity contribution >= 4 is 0 Å². The Kier molecular flexibility index (Phi) is 3.63. The summed E-state index contributed by atoms with van der Waals surface area (Å²) in [5, 5.41) is 0. The van der Waals surface area contributed by atoms with Crippen molar-refractivity contribution < 1.29 is 17.9 Å². The summed E-state index contributed by atoms with van der Waals surface area (Å²) in [7, 11) is 1.08. The van der Waals surface area contributed by atoms with E-state index in [9.17, 15) is 13.2 Å². The van der Waals surface area contributed by atoms with Gasteiger partial charge in [0.1, 0.15) is 0 Å². The van der Waals surface area contributed by atoms with Gasteiger partial charge in [-0.1, -0.05) is 17.7 Å². The fourth-order valence-corrected chi connectivity index (χ4v) is 2.02. The molecular formula is C12H15F3O. The van der Waals surface area contributed by atoms with Gasteiger partial charge in [-0.3, -0.25) is 0 Å². The Morgan fingerprint density at radius 3 is 1.81 bits per heavy atom. The molecule has 0 aliphatic rings. The lowest BCUT2D eigenvalue weighted by Crippen LogP contribution is -2.24. The Hall–Kier alpha value is -1.03. The Morgan fingerprint density at radius 2 is 1.50 bits per heavy atom. The second kappa shape index (κ2) is 4.45. The highest BCUT2D eigenvalue weighted by Crippen LogP contribution is 2.38. The van der Waals surface area contributed by atoms with Crippen molar-refractivity contribution in [2.24, 2.45) is 0 Å². The van der Waals surface area contributed by atoms with E-state index >= 15 is 0 Å². The van der Waals surface area contributed by atoms with Gasteiger partial charge >= 0.3 is 6.18 Å². The summed E-state index contributed by atoms with van der Waals surface area (Å²) in [5.41, 5.74) is 2.40. The third kappa shape index (κ3) is 2.55. The average molecular weight is 232 g/mol. The number of aryl methyl sites for hydroxylation is 3. The largest absolute Gasteiger partial charge is 0.418 e. The summed E-state index contributed by atoms with van der Waals surface area (Å²) in [5.74, 6) is 0. The summed E-state index contributed by atoms with van der Waals surface area (Å²) in [4.78, 5) is 0. The number of alkyl halides is 3. The van der Waals surface area contributed by atoms with Gasteiger partial charge in [0.25, 0.3) is 0 Å². The highest BCUT2D eigenvalue weighted by molar-refractivity contribution is 5.39. The normalized spacial score (nSPS) is 13.9. The molecule has 0 saturated heterocycles. The summed E-state index contributed by atoms with van der Waals surface area (Å²) < 4.78 is 42.8. The van der Waals surface area contributed by atoms with Crippen LogP contribution in [0, 0.1) is 20.8 Å². The highest BCUT2D eigenvalue weighted by Gasteiger charge is 2.42. The first-order valence-electron chi connectivity index (χ1n) is 4.94. The number of ether oxygens (including phenoxy) is 1. The maximum absolute atomic E-state index is 12.7. The van der Waals surface area contributed by atoms with E-state index in [4.69, 9.17) is 0 Å². The molecule has 1 aromatic rings. The SMILES string of the molecule is COC(c1c(C)cc(C)cc1C)C(F)(F)F. The van der Waals surface area contributed by atoms with Crippen LogP contribution in [0.4, 0.5) is 13.2 Å². The van der Waals surface area contributed by atoms with E-state index in [0.717, 1.165) is 12.7 Å². The van der Waals surface area contributed by atoms with Gasteiger partial charge in [-0.15, -0.1) is 0 Å². The van der Waals surface area contributed by atoms with Crippen LogP contribution in [0.25, 0.3) is 0 Å². The Bertz CT molecular complexity index is 359. The summed E-state index contributed by atoms with van der Waals surface area (Å²) >= 11 is 0. The summed E-state index contributed by atoms with van der Waals surface area (Å²) in [6, 6.07) is 3.47. The fourth-order valence-electron chi connectivity index (χ4n) is 2.02. The molecule has 0 amide bonds. The number of hydrogen-bond donors (Lipinski definition) is 0. The third-order valence-corrected chi connectivity index (χ3v) is 2.53. The van der Waals surface area contributed by atoms with Gasteiger partial charge in [-0.05, 0) is 37.5 Å². The minimum atomic E-state index is -4.38. The van der Waals surface area contributed by atoms with E-state index in [0.29, 0.717) is 11.1 Å². The maximum Gasteiger partial charge on any atom is 0.418 e. The van der Waals surface area contributed by atoms with Crippen molar-refractivity contribution in [3.63, 3.8) is 0 Å². The van der Waals surface area contributed by atoms with Gasteiger partial charge in [-0.2, -0.15) is 13.2 Å². The number of hydrogen-bond acceptors (Lipinski definition) is 1. The molecule has 16 heavy (non-hydrogen) atoms. The topological polar surface area (TPSA) is 9.23 Å². The molecule has 90 valence electrons. The van der Waals surface area contributed by atoms with Crippen LogP contribution in [0.3, 0.4) is 0 Å². The van der Waals surface area contributed by atoms with Crippen molar-refractivity contribution in [1.29, 1.82) is 0 Å². The lowest BCUT2D eigenvalue weighted by molar-refractivity contribution is -0.216. The molecule has 0 radical (unpaired) electrons. The van der Waals surface area contributed by atoms with Gasteiger partial charge in [0.05, 0.1) is 0 Å². The predicted octanol–water partition coefficient (Wildman–Crippen LogP) is 3.86. The second-order valence-electron chi connectivity index (χ2n) is 3.97. The molecule has 0 spiro atoms. The quantitative estimate of drug-likeness (QED) is 0.752. The molecule has 4 heteroatoms. The number of methoxy groups -OCH3 is 1. The van der Waals surface area contributed by atoms with Gasteiger partial charge < -0.3 is 4.74 Å². The van der Waals surface area contributed by atoms with Crippen LogP contribution in [-0.2, 0) is 4.74 Å². The van der Waals surface area contributed by atoms with Gasteiger partial charge in [0.2, 0.25) is 0 Å². The van der Waals surface area contributed by atoms with Crippen LogP contribution in [-0.4, -0.2) is 13.3 Å². The first-order chi connectivity index (χ1) is 7.27. The Balaban J connectivity index is 3.31. The van der Waals surface area contributed by atoms with Crippen LogP contribution in [0.1, 0.15) is 28.4 Å². The first kappa shape index (κ1) is 13.0. The maximum atomic E-state index is 12.7. The van der Waals surface area contributed by atoms with Crippen molar-refractivity contribution in [3.05, 3.63) is 34.4 Å². The van der Waals surface area contributed by atoms with E-state index in [2.05, 4.69) is 4.74 Å². The van der Waals surface area contributed by atoms with Crippen LogP contribution in [0.15, 0.2) is 12.1 Å². The van der Waals surface area contributed by atoms with Gasteiger partial charge in [0, 0.05) is 7.11 Å². The molecule has 0 saturated carbocycles. The average Bonchev–Trinajstić information content (AvgIpc) is 2.08. The highest BCUT2D eigenvalue weighted by atomic mass is 19.4. The molecule has 0 bridgehead atoms. The van der Waals surface area contributed by atoms with Crippen molar-refractivity contribution in [2.45, 2.75) is 33.1 Å². The Morgan fingerprint density at radius 1 is 1.06 bits per heavy atom. The zero-order valence-electron chi connectivity index (χ0n) is 9.77. The van der Waals surface area contributed by atoms with E-state index in [1.807, 2.05) is 6.92 Å². The number of rotatable bonds is 2. The number of halogens is 3. The van der Waals surface area contributed by atoms with Gasteiger partial charge in [0.15, 0.2) is 6.10 Å². The molecule has 0 N–H and O–H groups in total. The number of benzene rings is 1. The molecule has 0 heterocycles. The standard InChI is InChI=1S/C12H15F3O/c1-7-5-8(2)10(9(3)6-7)11(16-4)12(13,14)15/h5-6,11H,1-4H3. The monoisotopic (exact) mass is 232 g/mol. The molecular weight excluding hydrogens is 217 g/mol. The summed E-state index contributed by atoms with van der Waals surface area (Å²) in [6.07, 6.45) is -6.22. The minimum Gasteiger partial charge on any atom is -0.367 e. The molecule has 0 aliphatic heterocycles. The third-order valence-electron chi connectivity index (χ3n) is 2.53. The zero-order valence-corrected chi connectivity index (χ0v) is 9.77. The second-order valence-corrected chi connectivity index (χ2v) is 3.97. The van der Waals surface area contributed by atoms with E-state index < -0.39 is 12.3 Å². The van der Waals surface area contributed by atoms with E-state index in [1.54, 1.807) is 26.0 Å². The lowest BCUT2D eigenvalue weighted by atomic mass is 9.95. The molecule has 0 aromatic heterocycles. The zero-order chi connectivity index (χ0) is 12.5. The molecule has 1 rings (SSSR count). The molecule has 0 aliphatic carbocycles. The van der Waals surface area contributed by atoms with Crippen molar-refractivity contribution in [3.8, 4) is 0 Å². The van der Waals surface area contributed by atoms with Crippen molar-refractivity contribution in [2.75, 3.05) is 7.11 Å². The van der Waals surface area contributed by atoms with Gasteiger partial charge in [-0.25, -0.2) is 0 Å². The molecule has 0 fully saturated rings. The lowest BCUT2D eigenvalue weighted by Gasteiger charge is -2.23. The smallest absolute Gasteiger partial charge is 0.367 e. The molecule has 1 aromatic carbocycles. The molecule has 1 atom stereocenters. The van der Waals surface area contributed by atoms with E-state index in [1.165, 1.54) is 0 Å². The van der Waals surface area contributed by atoms with Crippen LogP contribution in [0.5, 0.6) is 0 Å². The molecule has 1 unspecified atom stereocenters. The Labute approximate surface area is 93.2 Å². The van der Waals surface area contributed by atoms with Crippen LogP contribution < -0.4 is 0 Å². The van der Waals surface area contributed by atoms with Crippen LogP contribution in [0.2, 0.25) is 0 Å². The minimum absolute atomic E-state index is 0.223. The van der Waals surface area contributed by atoms with Crippen molar-refractivity contribution in [1.82, 2.24) is 0 Å².